The first-order chi connectivity index (χ1) is 9.52. The third kappa shape index (κ3) is 5.67. The number of methoxy groups -OCH3 is 1. The Hall–Kier alpha value is -0.810. The highest BCUT2D eigenvalue weighted by atomic mass is 16.5. The Morgan fingerprint density at radius 2 is 2.10 bits per heavy atom. The van der Waals surface area contributed by atoms with Crippen LogP contribution in [0.15, 0.2) is 4.99 Å². The van der Waals surface area contributed by atoms with Crippen molar-refractivity contribution in [3.05, 3.63) is 0 Å². The summed E-state index contributed by atoms with van der Waals surface area (Å²) in [4.78, 5) is 7.16. The highest BCUT2D eigenvalue weighted by molar-refractivity contribution is 5.79. The molecule has 1 aliphatic rings. The van der Waals surface area contributed by atoms with E-state index in [4.69, 9.17) is 4.74 Å². The van der Waals surface area contributed by atoms with E-state index in [1.165, 1.54) is 19.4 Å². The van der Waals surface area contributed by atoms with Crippen molar-refractivity contribution < 1.29 is 4.74 Å². The molecule has 1 atom stereocenters. The summed E-state index contributed by atoms with van der Waals surface area (Å²) < 4.78 is 5.41. The molecule has 0 amide bonds. The first kappa shape index (κ1) is 17.2. The van der Waals surface area contributed by atoms with Crippen LogP contribution in [0, 0.1) is 0 Å². The molecular weight excluding hydrogens is 252 g/mol. The summed E-state index contributed by atoms with van der Waals surface area (Å²) in [6.45, 7) is 13.3. The molecule has 1 aliphatic heterocycles. The van der Waals surface area contributed by atoms with Gasteiger partial charge in [-0.3, -0.25) is 9.89 Å². The fraction of sp³-hybridized carbons (Fsp3) is 0.933. The third-order valence-corrected chi connectivity index (χ3v) is 3.93. The van der Waals surface area contributed by atoms with Crippen molar-refractivity contribution in [2.24, 2.45) is 4.99 Å². The number of rotatable bonds is 7. The van der Waals surface area contributed by atoms with Crippen LogP contribution in [-0.2, 0) is 4.74 Å². The minimum atomic E-state index is -0.217. The number of guanidine groups is 1. The number of hydrogen-bond donors (Lipinski definition) is 2. The molecule has 2 N–H and O–H groups in total. The van der Waals surface area contributed by atoms with Crippen molar-refractivity contribution in [3.8, 4) is 0 Å². The van der Waals surface area contributed by atoms with Gasteiger partial charge in [0.1, 0.15) is 0 Å². The predicted molar refractivity (Wildman–Crippen MR) is 85.3 cm³/mol. The van der Waals surface area contributed by atoms with E-state index in [9.17, 15) is 0 Å². The van der Waals surface area contributed by atoms with Crippen LogP contribution in [0.3, 0.4) is 0 Å². The Bertz CT molecular complexity index is 304. The van der Waals surface area contributed by atoms with Gasteiger partial charge >= 0.3 is 0 Å². The zero-order valence-corrected chi connectivity index (χ0v) is 13.8. The van der Waals surface area contributed by atoms with E-state index in [-0.39, 0.29) is 5.60 Å². The van der Waals surface area contributed by atoms with Gasteiger partial charge in [0.15, 0.2) is 5.96 Å². The van der Waals surface area contributed by atoms with Gasteiger partial charge in [0, 0.05) is 26.2 Å². The Kier molecular flexibility index (Phi) is 7.30. The second kappa shape index (κ2) is 8.47. The molecular formula is C15H32N4O. The average molecular weight is 284 g/mol. The second-order valence-electron chi connectivity index (χ2n) is 5.96. The zero-order valence-electron chi connectivity index (χ0n) is 13.8. The summed E-state index contributed by atoms with van der Waals surface area (Å²) in [5.74, 6) is 0.889. The number of hydrogen-bond acceptors (Lipinski definition) is 3. The summed E-state index contributed by atoms with van der Waals surface area (Å²) in [6.07, 6.45) is 2.59. The van der Waals surface area contributed by atoms with Crippen LogP contribution in [0.1, 0.15) is 40.5 Å². The molecule has 1 unspecified atom stereocenters. The second-order valence-corrected chi connectivity index (χ2v) is 5.96. The molecule has 0 radical (unpaired) electrons. The number of nitrogens with one attached hydrogen (secondary N) is 2. The molecule has 5 nitrogen and oxygen atoms in total. The van der Waals surface area contributed by atoms with E-state index in [2.05, 4.69) is 48.2 Å². The molecule has 1 rings (SSSR count). The van der Waals surface area contributed by atoms with Gasteiger partial charge in [-0.2, -0.15) is 0 Å². The third-order valence-electron chi connectivity index (χ3n) is 3.93. The van der Waals surface area contributed by atoms with Gasteiger partial charge in [0.2, 0.25) is 0 Å². The van der Waals surface area contributed by atoms with Crippen LogP contribution in [0.5, 0.6) is 0 Å². The van der Waals surface area contributed by atoms with Gasteiger partial charge in [-0.1, -0.05) is 6.92 Å². The first-order valence-corrected chi connectivity index (χ1v) is 7.83. The smallest absolute Gasteiger partial charge is 0.191 e. The largest absolute Gasteiger partial charge is 0.377 e. The Morgan fingerprint density at radius 3 is 2.70 bits per heavy atom. The van der Waals surface area contributed by atoms with Crippen LogP contribution in [0.25, 0.3) is 0 Å². The minimum absolute atomic E-state index is 0.217. The average Bonchev–Trinajstić information content (AvgIpc) is 2.89. The minimum Gasteiger partial charge on any atom is -0.377 e. The topological polar surface area (TPSA) is 48.9 Å². The SMILES string of the molecule is CCNC(=NCC(C)(C)OC)NCC1CCCN1CC. The molecule has 0 saturated carbocycles. The molecule has 0 bridgehead atoms. The molecule has 1 heterocycles. The van der Waals surface area contributed by atoms with E-state index in [1.807, 2.05) is 0 Å². The highest BCUT2D eigenvalue weighted by Gasteiger charge is 2.23. The zero-order chi connectivity index (χ0) is 15.0. The van der Waals surface area contributed by atoms with Crippen LogP contribution in [0.4, 0.5) is 0 Å². The van der Waals surface area contributed by atoms with E-state index < -0.39 is 0 Å². The summed E-state index contributed by atoms with van der Waals surface area (Å²) in [5.41, 5.74) is -0.217. The summed E-state index contributed by atoms with van der Waals surface area (Å²) >= 11 is 0. The Morgan fingerprint density at radius 1 is 1.35 bits per heavy atom. The van der Waals surface area contributed by atoms with Crippen LogP contribution in [-0.4, -0.2) is 62.3 Å². The van der Waals surface area contributed by atoms with E-state index in [1.54, 1.807) is 7.11 Å². The first-order valence-electron chi connectivity index (χ1n) is 7.83. The van der Waals surface area contributed by atoms with Gasteiger partial charge in [-0.25, -0.2) is 0 Å². The van der Waals surface area contributed by atoms with Crippen molar-refractivity contribution in [3.63, 3.8) is 0 Å². The Labute approximate surface area is 124 Å². The molecule has 0 aromatic rings. The molecule has 0 aromatic carbocycles. The van der Waals surface area contributed by atoms with Crippen molar-refractivity contribution >= 4 is 5.96 Å². The fourth-order valence-electron chi connectivity index (χ4n) is 2.43. The number of aliphatic imine (C=N–C) groups is 1. The summed E-state index contributed by atoms with van der Waals surface area (Å²) in [7, 11) is 1.73. The van der Waals surface area contributed by atoms with Crippen molar-refractivity contribution in [1.29, 1.82) is 0 Å². The molecule has 118 valence electrons. The summed E-state index contributed by atoms with van der Waals surface area (Å²) in [6, 6.07) is 0.638. The number of likely N-dealkylation sites (tertiary alicyclic amines) is 1. The standard InChI is InChI=1S/C15H32N4O/c1-6-16-14(18-12-15(3,4)20-5)17-11-13-9-8-10-19(13)7-2/h13H,6-12H2,1-5H3,(H2,16,17,18). The molecule has 20 heavy (non-hydrogen) atoms. The number of nitrogens with zero attached hydrogens (tertiary/aromatic N) is 2. The van der Waals surface area contributed by atoms with Gasteiger partial charge < -0.3 is 15.4 Å². The number of likely N-dealkylation sites (N-methyl/N-ethyl adjacent to an activating group) is 1. The molecule has 1 fully saturated rings. The molecule has 0 aromatic heterocycles. The normalized spacial score (nSPS) is 21.2. The van der Waals surface area contributed by atoms with Gasteiger partial charge in [0.25, 0.3) is 0 Å². The monoisotopic (exact) mass is 284 g/mol. The van der Waals surface area contributed by atoms with Crippen molar-refractivity contribution in [2.75, 3.05) is 39.8 Å². The highest BCUT2D eigenvalue weighted by Crippen LogP contribution is 2.15. The molecule has 5 heteroatoms. The van der Waals surface area contributed by atoms with Gasteiger partial charge in [-0.05, 0) is 46.7 Å². The Balaban J connectivity index is 2.48. The lowest BCUT2D eigenvalue weighted by Gasteiger charge is -2.25. The lowest BCUT2D eigenvalue weighted by atomic mass is 10.1. The molecule has 1 saturated heterocycles. The van der Waals surface area contributed by atoms with Crippen LogP contribution >= 0.6 is 0 Å². The summed E-state index contributed by atoms with van der Waals surface area (Å²) in [5, 5.41) is 6.77. The van der Waals surface area contributed by atoms with Crippen LogP contribution < -0.4 is 10.6 Å². The van der Waals surface area contributed by atoms with Gasteiger partial charge in [-0.15, -0.1) is 0 Å². The lowest BCUT2D eigenvalue weighted by molar-refractivity contribution is 0.0310. The number of ether oxygens (including phenoxy) is 1. The van der Waals surface area contributed by atoms with E-state index in [0.29, 0.717) is 12.6 Å². The molecule has 0 spiro atoms. The van der Waals surface area contributed by atoms with Crippen molar-refractivity contribution in [2.45, 2.75) is 52.2 Å². The van der Waals surface area contributed by atoms with Crippen molar-refractivity contribution in [1.82, 2.24) is 15.5 Å². The van der Waals surface area contributed by atoms with Gasteiger partial charge in [0.05, 0.1) is 12.1 Å². The maximum atomic E-state index is 5.41. The van der Waals surface area contributed by atoms with E-state index in [0.717, 1.165) is 25.6 Å². The maximum absolute atomic E-state index is 5.41. The lowest BCUT2D eigenvalue weighted by Crippen LogP contribution is -2.45. The van der Waals surface area contributed by atoms with E-state index >= 15 is 0 Å². The fourth-order valence-corrected chi connectivity index (χ4v) is 2.43. The molecule has 0 aliphatic carbocycles. The van der Waals surface area contributed by atoms with Crippen LogP contribution in [0.2, 0.25) is 0 Å². The predicted octanol–water partition coefficient (Wildman–Crippen LogP) is 1.45. The quantitative estimate of drug-likeness (QED) is 0.549. The maximum Gasteiger partial charge on any atom is 0.191 e.